The van der Waals surface area contributed by atoms with Crippen LogP contribution in [0, 0.1) is 5.92 Å². The van der Waals surface area contributed by atoms with Gasteiger partial charge in [-0.25, -0.2) is 14.8 Å². The maximum Gasteiger partial charge on any atom is 0.360 e. The number of halogens is 2. The summed E-state index contributed by atoms with van der Waals surface area (Å²) in [7, 11) is 0. The minimum atomic E-state index is -0.538. The number of piperazine rings is 1. The Kier molecular flexibility index (Phi) is 7.36. The number of esters is 1. The minimum absolute atomic E-state index is 0.0546. The summed E-state index contributed by atoms with van der Waals surface area (Å²) in [5.41, 5.74) is 1.16. The maximum absolute atomic E-state index is 12.7. The van der Waals surface area contributed by atoms with Gasteiger partial charge in [0.05, 0.1) is 27.7 Å². The lowest BCUT2D eigenvalue weighted by Gasteiger charge is -2.37. The first kappa shape index (κ1) is 22.6. The maximum atomic E-state index is 12.7. The number of ether oxygens (including phenoxy) is 1. The largest absolute Gasteiger partial charge is 0.461 e. The van der Waals surface area contributed by atoms with Gasteiger partial charge in [0, 0.05) is 32.1 Å². The molecular weight excluding hydrogens is 427 g/mol. The van der Waals surface area contributed by atoms with Gasteiger partial charge in [0.2, 0.25) is 5.91 Å². The molecule has 7 nitrogen and oxygen atoms in total. The molecule has 0 bridgehead atoms. The summed E-state index contributed by atoms with van der Waals surface area (Å²) in [6.07, 6.45) is 1.67. The predicted molar refractivity (Wildman–Crippen MR) is 118 cm³/mol. The van der Waals surface area contributed by atoms with Crippen LogP contribution in [0.5, 0.6) is 0 Å². The SMILES string of the molecule is CCOC(=O)c1nc2cc(Cl)c(Cl)cc2nc1N1CCN(C(=O)C(CC)CC)CC1. The number of fused-ring (bicyclic) bond motifs is 1. The van der Waals surface area contributed by atoms with Gasteiger partial charge >= 0.3 is 5.97 Å². The molecule has 1 aromatic carbocycles. The van der Waals surface area contributed by atoms with Gasteiger partial charge in [-0.05, 0) is 31.9 Å². The van der Waals surface area contributed by atoms with Crippen LogP contribution in [0.1, 0.15) is 44.1 Å². The molecule has 1 aliphatic rings. The molecule has 0 atom stereocenters. The van der Waals surface area contributed by atoms with Crippen LogP contribution in [-0.2, 0) is 9.53 Å². The fourth-order valence-electron chi connectivity index (χ4n) is 3.63. The summed E-state index contributed by atoms with van der Waals surface area (Å²) < 4.78 is 5.19. The third-order valence-electron chi connectivity index (χ3n) is 5.38. The Morgan fingerprint density at radius 1 is 1.00 bits per heavy atom. The van der Waals surface area contributed by atoms with Gasteiger partial charge in [0.1, 0.15) is 0 Å². The Hall–Kier alpha value is -2.12. The second-order valence-electron chi connectivity index (χ2n) is 7.20. The Morgan fingerprint density at radius 2 is 1.57 bits per heavy atom. The molecule has 0 radical (unpaired) electrons. The molecular formula is C21H26Cl2N4O3. The first-order valence-electron chi connectivity index (χ1n) is 10.3. The van der Waals surface area contributed by atoms with Crippen LogP contribution >= 0.6 is 23.2 Å². The molecule has 1 amide bonds. The van der Waals surface area contributed by atoms with E-state index in [4.69, 9.17) is 27.9 Å². The molecule has 162 valence electrons. The molecule has 2 heterocycles. The summed E-state index contributed by atoms with van der Waals surface area (Å²) in [6.45, 7) is 8.30. The Balaban J connectivity index is 1.91. The van der Waals surface area contributed by atoms with E-state index in [1.54, 1.807) is 19.1 Å². The molecule has 0 aliphatic carbocycles. The molecule has 1 aliphatic heterocycles. The second-order valence-corrected chi connectivity index (χ2v) is 8.01. The molecule has 2 aromatic rings. The van der Waals surface area contributed by atoms with Crippen LogP contribution < -0.4 is 4.90 Å². The van der Waals surface area contributed by atoms with E-state index in [-0.39, 0.29) is 24.1 Å². The van der Waals surface area contributed by atoms with Gasteiger partial charge in [0.15, 0.2) is 11.5 Å². The number of hydrogen-bond acceptors (Lipinski definition) is 6. The summed E-state index contributed by atoms with van der Waals surface area (Å²) in [5.74, 6) is 0.146. The van der Waals surface area contributed by atoms with Gasteiger partial charge < -0.3 is 14.5 Å². The first-order chi connectivity index (χ1) is 14.4. The minimum Gasteiger partial charge on any atom is -0.461 e. The van der Waals surface area contributed by atoms with E-state index in [1.165, 1.54) is 0 Å². The fraction of sp³-hybridized carbons (Fsp3) is 0.524. The predicted octanol–water partition coefficient (Wildman–Crippen LogP) is 4.20. The van der Waals surface area contributed by atoms with Crippen molar-refractivity contribution in [2.24, 2.45) is 5.92 Å². The number of carbonyl (C=O) groups excluding carboxylic acids is 2. The van der Waals surface area contributed by atoms with Crippen LogP contribution in [0.25, 0.3) is 11.0 Å². The lowest BCUT2D eigenvalue weighted by molar-refractivity contribution is -0.136. The van der Waals surface area contributed by atoms with Crippen LogP contribution in [-0.4, -0.2) is 59.5 Å². The van der Waals surface area contributed by atoms with Crippen LogP contribution in [0.15, 0.2) is 12.1 Å². The topological polar surface area (TPSA) is 75.6 Å². The third-order valence-corrected chi connectivity index (χ3v) is 6.10. The quantitative estimate of drug-likeness (QED) is 0.611. The summed E-state index contributed by atoms with van der Waals surface area (Å²) in [6, 6.07) is 3.22. The van der Waals surface area contributed by atoms with Gasteiger partial charge in [-0.15, -0.1) is 0 Å². The molecule has 0 N–H and O–H groups in total. The van der Waals surface area contributed by atoms with Gasteiger partial charge in [-0.1, -0.05) is 37.0 Å². The highest BCUT2D eigenvalue weighted by atomic mass is 35.5. The monoisotopic (exact) mass is 452 g/mol. The average molecular weight is 453 g/mol. The third kappa shape index (κ3) is 4.62. The molecule has 1 saturated heterocycles. The normalized spacial score (nSPS) is 14.5. The zero-order valence-electron chi connectivity index (χ0n) is 17.5. The lowest BCUT2D eigenvalue weighted by atomic mass is 10.0. The van der Waals surface area contributed by atoms with Gasteiger partial charge in [0.25, 0.3) is 0 Å². The van der Waals surface area contributed by atoms with E-state index in [0.29, 0.717) is 53.1 Å². The molecule has 9 heteroatoms. The number of rotatable bonds is 6. The first-order valence-corrected chi connectivity index (χ1v) is 11.0. The fourth-order valence-corrected chi connectivity index (χ4v) is 3.95. The van der Waals surface area contributed by atoms with Crippen molar-refractivity contribution < 1.29 is 14.3 Å². The Bertz CT molecular complexity index is 941. The standard InChI is InChI=1S/C21H26Cl2N4O3/c1-4-13(5-2)20(28)27-9-7-26(8-10-27)19-18(21(29)30-6-3)24-16-11-14(22)15(23)12-17(16)25-19/h11-13H,4-10H2,1-3H3. The highest BCUT2D eigenvalue weighted by molar-refractivity contribution is 6.42. The highest BCUT2D eigenvalue weighted by Gasteiger charge is 2.29. The van der Waals surface area contributed by atoms with Crippen molar-refractivity contribution in [1.82, 2.24) is 14.9 Å². The van der Waals surface area contributed by atoms with Crippen molar-refractivity contribution in [3.05, 3.63) is 27.9 Å². The second kappa shape index (κ2) is 9.79. The number of anilines is 1. The van der Waals surface area contributed by atoms with Crippen LogP contribution in [0.2, 0.25) is 10.0 Å². The van der Waals surface area contributed by atoms with Crippen molar-refractivity contribution in [1.29, 1.82) is 0 Å². The Morgan fingerprint density at radius 3 is 2.10 bits per heavy atom. The molecule has 1 aromatic heterocycles. The van der Waals surface area contributed by atoms with E-state index in [0.717, 1.165) is 12.8 Å². The zero-order valence-corrected chi connectivity index (χ0v) is 19.0. The van der Waals surface area contributed by atoms with E-state index in [2.05, 4.69) is 9.97 Å². The van der Waals surface area contributed by atoms with Crippen molar-refractivity contribution in [3.8, 4) is 0 Å². The van der Waals surface area contributed by atoms with E-state index in [1.807, 2.05) is 23.6 Å². The van der Waals surface area contributed by atoms with Gasteiger partial charge in [-0.2, -0.15) is 0 Å². The highest BCUT2D eigenvalue weighted by Crippen LogP contribution is 2.29. The van der Waals surface area contributed by atoms with Crippen molar-refractivity contribution in [2.75, 3.05) is 37.7 Å². The van der Waals surface area contributed by atoms with Crippen molar-refractivity contribution in [2.45, 2.75) is 33.6 Å². The molecule has 1 fully saturated rings. The molecule has 30 heavy (non-hydrogen) atoms. The van der Waals surface area contributed by atoms with Crippen LogP contribution in [0.4, 0.5) is 5.82 Å². The van der Waals surface area contributed by atoms with Crippen LogP contribution in [0.3, 0.4) is 0 Å². The van der Waals surface area contributed by atoms with Gasteiger partial charge in [-0.3, -0.25) is 4.79 Å². The number of carbonyl (C=O) groups is 2. The molecule has 0 unspecified atom stereocenters. The average Bonchev–Trinajstić information content (AvgIpc) is 2.75. The zero-order chi connectivity index (χ0) is 21.8. The Labute approximate surface area is 186 Å². The number of nitrogens with zero attached hydrogens (tertiary/aromatic N) is 4. The number of hydrogen-bond donors (Lipinski definition) is 0. The lowest BCUT2D eigenvalue weighted by Crippen LogP contribution is -2.51. The summed E-state index contributed by atoms with van der Waals surface area (Å²) in [5, 5.41) is 0.712. The number of benzene rings is 1. The van der Waals surface area contributed by atoms with Crippen molar-refractivity contribution >= 4 is 51.9 Å². The molecule has 3 rings (SSSR count). The molecule has 0 spiro atoms. The molecule has 0 saturated carbocycles. The van der Waals surface area contributed by atoms with E-state index >= 15 is 0 Å². The smallest absolute Gasteiger partial charge is 0.360 e. The van der Waals surface area contributed by atoms with Crippen molar-refractivity contribution in [3.63, 3.8) is 0 Å². The summed E-state index contributed by atoms with van der Waals surface area (Å²) >= 11 is 12.2. The van der Waals surface area contributed by atoms with E-state index in [9.17, 15) is 9.59 Å². The van der Waals surface area contributed by atoms with E-state index < -0.39 is 5.97 Å². The number of aromatic nitrogens is 2. The summed E-state index contributed by atoms with van der Waals surface area (Å²) in [4.78, 5) is 38.3. The number of amides is 1.